The lowest BCUT2D eigenvalue weighted by Crippen LogP contribution is -2.21. The molecular weight excluding hydrogens is 152 g/mol. The van der Waals surface area contributed by atoms with Crippen molar-refractivity contribution in [1.82, 2.24) is 0 Å². The minimum atomic E-state index is -0.509. The van der Waals surface area contributed by atoms with Gasteiger partial charge in [-0.15, -0.1) is 0 Å². The van der Waals surface area contributed by atoms with Crippen LogP contribution in [0.5, 0.6) is 0 Å². The summed E-state index contributed by atoms with van der Waals surface area (Å²) in [7, 11) is 0. The zero-order valence-electron chi connectivity index (χ0n) is 7.92. The molecular formula is C10H18O2. The minimum Gasteiger partial charge on any atom is -0.388 e. The first-order valence-corrected chi connectivity index (χ1v) is 4.46. The molecule has 2 heteroatoms. The number of rotatable bonds is 6. The van der Waals surface area contributed by atoms with Crippen molar-refractivity contribution in [2.75, 3.05) is 0 Å². The Morgan fingerprint density at radius 3 is 2.50 bits per heavy atom. The van der Waals surface area contributed by atoms with Crippen LogP contribution >= 0.6 is 0 Å². The van der Waals surface area contributed by atoms with Crippen LogP contribution in [0.4, 0.5) is 0 Å². The van der Waals surface area contributed by atoms with Gasteiger partial charge in [-0.3, -0.25) is 0 Å². The molecule has 0 aliphatic rings. The summed E-state index contributed by atoms with van der Waals surface area (Å²) in [5, 5.41) is 9.65. The van der Waals surface area contributed by atoms with Crippen LogP contribution in [-0.4, -0.2) is 17.5 Å². The summed E-state index contributed by atoms with van der Waals surface area (Å²) in [5.74, 6) is 0.0509. The maximum Gasteiger partial charge on any atom is 0.120 e. The van der Waals surface area contributed by atoms with Gasteiger partial charge >= 0.3 is 0 Å². The van der Waals surface area contributed by atoms with Gasteiger partial charge in [0.1, 0.15) is 6.29 Å². The third kappa shape index (κ3) is 3.18. The predicted octanol–water partition coefficient (Wildman–Crippen LogP) is 1.93. The Bertz CT molecular complexity index is 152. The highest BCUT2D eigenvalue weighted by Gasteiger charge is 2.18. The van der Waals surface area contributed by atoms with Crippen molar-refractivity contribution in [3.05, 3.63) is 12.2 Å². The van der Waals surface area contributed by atoms with Crippen LogP contribution in [0, 0.1) is 5.92 Å². The molecule has 0 saturated carbocycles. The highest BCUT2D eigenvalue weighted by atomic mass is 16.3. The molecule has 0 saturated heterocycles. The Kier molecular flexibility index (Phi) is 5.64. The van der Waals surface area contributed by atoms with Crippen molar-refractivity contribution >= 4 is 6.29 Å². The second-order valence-electron chi connectivity index (χ2n) is 3.03. The molecule has 2 atom stereocenters. The maximum atomic E-state index is 10.2. The van der Waals surface area contributed by atoms with Gasteiger partial charge in [-0.2, -0.15) is 0 Å². The molecule has 0 rings (SSSR count). The van der Waals surface area contributed by atoms with Crippen LogP contribution in [0.1, 0.15) is 33.1 Å². The summed E-state index contributed by atoms with van der Waals surface area (Å²) in [6.07, 6.45) is 2.37. The van der Waals surface area contributed by atoms with Gasteiger partial charge in [0.15, 0.2) is 0 Å². The number of hydrogen-bond donors (Lipinski definition) is 1. The summed E-state index contributed by atoms with van der Waals surface area (Å²) in [5.41, 5.74) is 0.823. The molecule has 0 aromatic carbocycles. The molecule has 0 radical (unpaired) electrons. The van der Waals surface area contributed by atoms with Crippen molar-refractivity contribution in [2.45, 2.75) is 39.2 Å². The molecule has 0 aromatic rings. The largest absolute Gasteiger partial charge is 0.388 e. The average molecular weight is 170 g/mol. The van der Waals surface area contributed by atoms with Crippen molar-refractivity contribution in [3.8, 4) is 0 Å². The normalized spacial score (nSPS) is 15.2. The molecule has 0 amide bonds. The number of aliphatic hydroxyl groups is 1. The Hall–Kier alpha value is -0.630. The first kappa shape index (κ1) is 11.4. The van der Waals surface area contributed by atoms with E-state index < -0.39 is 6.10 Å². The molecule has 0 aromatic heterocycles. The maximum absolute atomic E-state index is 10.2. The van der Waals surface area contributed by atoms with Crippen molar-refractivity contribution < 1.29 is 9.90 Å². The Balaban J connectivity index is 4.09. The van der Waals surface area contributed by atoms with E-state index in [1.54, 1.807) is 0 Å². The monoisotopic (exact) mass is 170 g/mol. The van der Waals surface area contributed by atoms with Crippen molar-refractivity contribution in [3.63, 3.8) is 0 Å². The molecule has 0 fully saturated rings. The third-order valence-electron chi connectivity index (χ3n) is 2.24. The lowest BCUT2D eigenvalue weighted by molar-refractivity contribution is -0.109. The zero-order valence-corrected chi connectivity index (χ0v) is 7.92. The van der Waals surface area contributed by atoms with E-state index in [2.05, 4.69) is 6.58 Å². The molecule has 0 aliphatic heterocycles. The second kappa shape index (κ2) is 5.95. The van der Waals surface area contributed by atoms with Gasteiger partial charge < -0.3 is 9.90 Å². The Labute approximate surface area is 74.3 Å². The molecule has 0 bridgehead atoms. The highest BCUT2D eigenvalue weighted by molar-refractivity contribution is 5.50. The Morgan fingerprint density at radius 1 is 1.58 bits per heavy atom. The van der Waals surface area contributed by atoms with Gasteiger partial charge in [0, 0.05) is 6.42 Å². The van der Waals surface area contributed by atoms with Gasteiger partial charge in [-0.25, -0.2) is 0 Å². The van der Waals surface area contributed by atoms with Gasteiger partial charge in [0.2, 0.25) is 0 Å². The summed E-state index contributed by atoms with van der Waals surface area (Å²) in [6.45, 7) is 7.69. The van der Waals surface area contributed by atoms with Crippen LogP contribution in [-0.2, 0) is 4.79 Å². The minimum absolute atomic E-state index is 0.0509. The highest BCUT2D eigenvalue weighted by Crippen LogP contribution is 2.19. The lowest BCUT2D eigenvalue weighted by atomic mass is 9.91. The van der Waals surface area contributed by atoms with Crippen LogP contribution in [0.15, 0.2) is 12.2 Å². The van der Waals surface area contributed by atoms with Crippen LogP contribution < -0.4 is 0 Å². The number of aliphatic hydroxyl groups excluding tert-OH is 1. The topological polar surface area (TPSA) is 37.3 Å². The summed E-state index contributed by atoms with van der Waals surface area (Å²) < 4.78 is 0. The van der Waals surface area contributed by atoms with Crippen LogP contribution in [0.2, 0.25) is 0 Å². The van der Waals surface area contributed by atoms with Gasteiger partial charge in [0.05, 0.1) is 6.10 Å². The molecule has 0 aliphatic carbocycles. The van der Waals surface area contributed by atoms with Crippen molar-refractivity contribution in [1.29, 1.82) is 0 Å². The second-order valence-corrected chi connectivity index (χ2v) is 3.03. The summed E-state index contributed by atoms with van der Waals surface area (Å²) >= 11 is 0. The van der Waals surface area contributed by atoms with E-state index in [-0.39, 0.29) is 5.92 Å². The zero-order chi connectivity index (χ0) is 9.56. The number of carbonyl (C=O) groups is 1. The van der Waals surface area contributed by atoms with Gasteiger partial charge in [-0.1, -0.05) is 26.8 Å². The third-order valence-corrected chi connectivity index (χ3v) is 2.24. The average Bonchev–Trinajstić information content (AvgIpc) is 2.11. The first-order chi connectivity index (χ1) is 5.67. The fourth-order valence-electron chi connectivity index (χ4n) is 1.18. The van der Waals surface area contributed by atoms with E-state index in [1.165, 1.54) is 0 Å². The number of hydrogen-bond acceptors (Lipinski definition) is 2. The smallest absolute Gasteiger partial charge is 0.120 e. The van der Waals surface area contributed by atoms with E-state index in [1.807, 2.05) is 13.8 Å². The number of carbonyl (C=O) groups excluding carboxylic acids is 1. The van der Waals surface area contributed by atoms with E-state index in [0.29, 0.717) is 6.42 Å². The molecule has 70 valence electrons. The van der Waals surface area contributed by atoms with E-state index in [0.717, 1.165) is 24.7 Å². The Morgan fingerprint density at radius 2 is 2.17 bits per heavy atom. The van der Waals surface area contributed by atoms with E-state index in [9.17, 15) is 9.90 Å². The van der Waals surface area contributed by atoms with Gasteiger partial charge in [-0.05, 0) is 17.9 Å². The lowest BCUT2D eigenvalue weighted by Gasteiger charge is -2.20. The van der Waals surface area contributed by atoms with Crippen LogP contribution in [0.3, 0.4) is 0 Å². The molecule has 0 spiro atoms. The van der Waals surface area contributed by atoms with E-state index >= 15 is 0 Å². The summed E-state index contributed by atoms with van der Waals surface area (Å²) in [4.78, 5) is 10.2. The first-order valence-electron chi connectivity index (χ1n) is 4.46. The van der Waals surface area contributed by atoms with Crippen LogP contribution in [0.25, 0.3) is 0 Å². The van der Waals surface area contributed by atoms with E-state index in [4.69, 9.17) is 0 Å². The number of aldehydes is 1. The molecule has 0 heterocycles. The predicted molar refractivity (Wildman–Crippen MR) is 49.9 cm³/mol. The quantitative estimate of drug-likeness (QED) is 0.488. The summed E-state index contributed by atoms with van der Waals surface area (Å²) in [6, 6.07) is 0. The molecule has 12 heavy (non-hydrogen) atoms. The van der Waals surface area contributed by atoms with Crippen molar-refractivity contribution in [2.24, 2.45) is 5.92 Å². The van der Waals surface area contributed by atoms with Gasteiger partial charge in [0.25, 0.3) is 0 Å². The molecule has 0 unspecified atom stereocenters. The SMILES string of the molecule is C=C(CC)[C@H](O)[C@@H](CC)CC=O. The fourth-order valence-corrected chi connectivity index (χ4v) is 1.18. The molecule has 1 N–H and O–H groups in total. The standard InChI is InChI=1S/C10H18O2/c1-4-8(3)10(12)9(5-2)6-7-11/h7,9-10,12H,3-6H2,1-2H3/t9-,10-/m0/s1. The fraction of sp³-hybridized carbons (Fsp3) is 0.700. The molecule has 2 nitrogen and oxygen atoms in total.